The highest BCUT2D eigenvalue weighted by Gasteiger charge is 2.27. The van der Waals surface area contributed by atoms with Crippen LogP contribution < -0.4 is 0 Å². The zero-order valence-corrected chi connectivity index (χ0v) is 14.8. The normalized spacial score (nSPS) is 12.9. The lowest BCUT2D eigenvalue weighted by Gasteiger charge is -2.07. The molecule has 0 aliphatic rings. The van der Waals surface area contributed by atoms with Crippen LogP contribution in [0, 0.1) is 0 Å². The van der Waals surface area contributed by atoms with Crippen LogP contribution in [0.4, 0.5) is 4.39 Å². The number of hydrogen-bond donors (Lipinski definition) is 0. The second-order valence-corrected chi connectivity index (χ2v) is 6.42. The molecule has 0 amide bonds. The van der Waals surface area contributed by atoms with Crippen LogP contribution >= 0.6 is 0 Å². The average Bonchev–Trinajstić information content (AvgIpc) is 2.54. The van der Waals surface area contributed by atoms with E-state index in [9.17, 15) is 4.39 Å². The van der Waals surface area contributed by atoms with Crippen LogP contribution in [0.5, 0.6) is 0 Å². The highest BCUT2D eigenvalue weighted by molar-refractivity contribution is 8.04. The van der Waals surface area contributed by atoms with Gasteiger partial charge in [-0.25, -0.2) is 4.39 Å². The van der Waals surface area contributed by atoms with Crippen molar-refractivity contribution in [3.63, 3.8) is 0 Å². The van der Waals surface area contributed by atoms with Crippen molar-refractivity contribution in [3.8, 4) is 0 Å². The summed E-state index contributed by atoms with van der Waals surface area (Å²) in [6.45, 7) is 15.4. The minimum atomic E-state index is -0.460. The summed E-state index contributed by atoms with van der Waals surface area (Å²) in [5.74, 6) is -0.460. The molecule has 0 bridgehead atoms. The molecule has 1 atom stereocenters. The van der Waals surface area contributed by atoms with Gasteiger partial charge >= 0.3 is 0 Å². The molecule has 22 heavy (non-hydrogen) atoms. The Bertz CT molecular complexity index is 550. The fraction of sp³-hybridized carbons (Fsp3) is 0.200. The van der Waals surface area contributed by atoms with Crippen molar-refractivity contribution in [1.82, 2.24) is 0 Å². The molecule has 0 heterocycles. The van der Waals surface area contributed by atoms with Crippen LogP contribution in [-0.4, -0.2) is 0 Å². The summed E-state index contributed by atoms with van der Waals surface area (Å²) in [5.41, 5.74) is 0. The first-order valence-corrected chi connectivity index (χ1v) is 8.59. The first kappa shape index (κ1) is 20.2. The third kappa shape index (κ3) is 7.28. The zero-order chi connectivity index (χ0) is 17.0. The molecule has 2 heteroatoms. The maximum Gasteiger partial charge on any atom is 0.166 e. The molecule has 0 spiro atoms. The molecule has 0 nitrogen and oxygen atoms in total. The van der Waals surface area contributed by atoms with Crippen molar-refractivity contribution in [3.05, 3.63) is 89.5 Å². The number of hydrogen-bond acceptors (Lipinski definition) is 0. The SMILES string of the molecule is C=C(F)/C=C\C(=C)[S+](/C(C)=C/C=C\C)c1ccccc1.CC. The fourth-order valence-electron chi connectivity index (χ4n) is 1.65. The fourth-order valence-corrected chi connectivity index (χ4v) is 3.59. The van der Waals surface area contributed by atoms with E-state index in [1.165, 1.54) is 15.9 Å². The lowest BCUT2D eigenvalue weighted by Crippen LogP contribution is -2.05. The third-order valence-corrected chi connectivity index (χ3v) is 4.72. The zero-order valence-electron chi connectivity index (χ0n) is 14.0. The van der Waals surface area contributed by atoms with E-state index < -0.39 is 5.83 Å². The molecule has 1 aromatic rings. The van der Waals surface area contributed by atoms with Crippen LogP contribution in [0.2, 0.25) is 0 Å². The second-order valence-electron chi connectivity index (χ2n) is 4.17. The van der Waals surface area contributed by atoms with Gasteiger partial charge in [0, 0.05) is 6.92 Å². The monoisotopic (exact) mass is 317 g/mol. The minimum absolute atomic E-state index is 0.274. The Morgan fingerprint density at radius 1 is 1.09 bits per heavy atom. The van der Waals surface area contributed by atoms with Crippen LogP contribution in [-0.2, 0) is 10.9 Å². The number of halogens is 1. The van der Waals surface area contributed by atoms with Gasteiger partial charge in [0.25, 0.3) is 0 Å². The molecule has 0 aliphatic heterocycles. The second kappa shape index (κ2) is 11.8. The molecule has 0 radical (unpaired) electrons. The number of benzene rings is 1. The Morgan fingerprint density at radius 3 is 2.18 bits per heavy atom. The van der Waals surface area contributed by atoms with Crippen LogP contribution in [0.15, 0.2) is 94.4 Å². The first-order chi connectivity index (χ1) is 10.6. The van der Waals surface area contributed by atoms with Gasteiger partial charge in [-0.3, -0.25) is 0 Å². The summed E-state index contributed by atoms with van der Waals surface area (Å²) in [4.78, 5) is 3.23. The summed E-state index contributed by atoms with van der Waals surface area (Å²) >= 11 is 0. The van der Waals surface area contributed by atoms with E-state index in [0.717, 1.165) is 4.91 Å². The van der Waals surface area contributed by atoms with E-state index in [0.29, 0.717) is 0 Å². The molecular formula is C20H26FS+. The molecule has 0 aliphatic carbocycles. The Morgan fingerprint density at radius 2 is 1.68 bits per heavy atom. The Hall–Kier alpha value is -1.80. The summed E-state index contributed by atoms with van der Waals surface area (Å²) in [7, 11) is -0.274. The van der Waals surface area contributed by atoms with Gasteiger partial charge in [-0.05, 0) is 43.9 Å². The van der Waals surface area contributed by atoms with Gasteiger partial charge < -0.3 is 0 Å². The molecule has 118 valence electrons. The van der Waals surface area contributed by atoms with E-state index in [-0.39, 0.29) is 10.9 Å². The van der Waals surface area contributed by atoms with Crippen LogP contribution in [0.3, 0.4) is 0 Å². The van der Waals surface area contributed by atoms with Crippen molar-refractivity contribution >= 4 is 10.9 Å². The molecule has 1 aromatic carbocycles. The Balaban J connectivity index is 0.00000211. The van der Waals surface area contributed by atoms with Crippen LogP contribution in [0.25, 0.3) is 0 Å². The van der Waals surface area contributed by atoms with Crippen molar-refractivity contribution in [2.75, 3.05) is 0 Å². The van der Waals surface area contributed by atoms with Gasteiger partial charge in [0.1, 0.15) is 10.7 Å². The third-order valence-electron chi connectivity index (χ3n) is 2.54. The van der Waals surface area contributed by atoms with E-state index in [1.807, 2.05) is 51.1 Å². The maximum absolute atomic E-state index is 12.8. The van der Waals surface area contributed by atoms with Gasteiger partial charge in [0.2, 0.25) is 0 Å². The van der Waals surface area contributed by atoms with E-state index in [1.54, 1.807) is 6.08 Å². The molecule has 0 saturated heterocycles. The van der Waals surface area contributed by atoms with Gasteiger partial charge in [0.05, 0.1) is 10.9 Å². The summed E-state index contributed by atoms with van der Waals surface area (Å²) in [5, 5.41) is 0. The molecule has 1 rings (SSSR count). The predicted molar refractivity (Wildman–Crippen MR) is 101 cm³/mol. The average molecular weight is 317 g/mol. The number of rotatable bonds is 6. The van der Waals surface area contributed by atoms with Crippen molar-refractivity contribution in [1.29, 1.82) is 0 Å². The highest BCUT2D eigenvalue weighted by atomic mass is 32.2. The van der Waals surface area contributed by atoms with E-state index in [4.69, 9.17) is 0 Å². The lowest BCUT2D eigenvalue weighted by atomic mass is 10.4. The summed E-state index contributed by atoms with van der Waals surface area (Å²) in [6, 6.07) is 10.1. The van der Waals surface area contributed by atoms with Gasteiger partial charge in [0.15, 0.2) is 9.80 Å². The largest absolute Gasteiger partial charge is 0.208 e. The molecule has 0 fully saturated rings. The first-order valence-electron chi connectivity index (χ1n) is 7.36. The van der Waals surface area contributed by atoms with Gasteiger partial charge in [-0.15, -0.1) is 0 Å². The van der Waals surface area contributed by atoms with Crippen molar-refractivity contribution in [2.24, 2.45) is 0 Å². The standard InChI is InChI=1S/C18H20FS.C2H6/c1-5-6-10-16(3)20(17(4)14-13-15(2)19)18-11-8-7-9-12-18;1-2/h5-14H,2,4H2,1,3H3;1-2H3/q+1;/b6-5-,14-13-,16-10+;. The minimum Gasteiger partial charge on any atom is -0.208 e. The summed E-state index contributed by atoms with van der Waals surface area (Å²) in [6.07, 6.45) is 9.11. The van der Waals surface area contributed by atoms with Gasteiger partial charge in [-0.1, -0.05) is 50.8 Å². The molecule has 0 saturated carbocycles. The van der Waals surface area contributed by atoms with E-state index in [2.05, 4.69) is 38.3 Å². The van der Waals surface area contributed by atoms with Crippen molar-refractivity contribution < 1.29 is 4.39 Å². The molecule has 0 N–H and O–H groups in total. The maximum atomic E-state index is 12.8. The Kier molecular flexibility index (Phi) is 10.8. The van der Waals surface area contributed by atoms with Crippen LogP contribution in [0.1, 0.15) is 27.7 Å². The lowest BCUT2D eigenvalue weighted by molar-refractivity contribution is 0.671. The topological polar surface area (TPSA) is 0 Å². The highest BCUT2D eigenvalue weighted by Crippen LogP contribution is 2.29. The van der Waals surface area contributed by atoms with E-state index >= 15 is 0 Å². The molecule has 1 unspecified atom stereocenters. The van der Waals surface area contributed by atoms with Crippen molar-refractivity contribution in [2.45, 2.75) is 32.6 Å². The summed E-state index contributed by atoms with van der Waals surface area (Å²) < 4.78 is 12.8. The molecular weight excluding hydrogens is 291 g/mol. The van der Waals surface area contributed by atoms with Gasteiger partial charge in [-0.2, -0.15) is 0 Å². The smallest absolute Gasteiger partial charge is 0.166 e. The molecule has 0 aromatic heterocycles. The number of allylic oxidation sites excluding steroid dienone is 7. The predicted octanol–water partition coefficient (Wildman–Crippen LogP) is 6.72. The Labute approximate surface area is 137 Å². The quantitative estimate of drug-likeness (QED) is 0.403.